The van der Waals surface area contributed by atoms with Crippen LogP contribution in [0.25, 0.3) is 55.6 Å². The van der Waals surface area contributed by atoms with Gasteiger partial charge in [0.1, 0.15) is 5.58 Å². The van der Waals surface area contributed by atoms with Crippen LogP contribution in [0.2, 0.25) is 19.6 Å². The number of fused-ring (bicyclic) bond motifs is 4. The van der Waals surface area contributed by atoms with Crippen LogP contribution in [0, 0.1) is 19.0 Å². The van der Waals surface area contributed by atoms with E-state index in [1.165, 1.54) is 11.3 Å². The Kier molecular flexibility index (Phi) is 8.10. The number of hydrogen-bond acceptors (Lipinski definition) is 3. The van der Waals surface area contributed by atoms with E-state index in [-0.39, 0.29) is 25.7 Å². The summed E-state index contributed by atoms with van der Waals surface area (Å²) in [5, 5.41) is 3.42. The van der Waals surface area contributed by atoms with Crippen molar-refractivity contribution in [3.63, 3.8) is 0 Å². The maximum Gasteiger partial charge on any atom is 0.120 e. The fourth-order valence-electron chi connectivity index (χ4n) is 5.64. The maximum absolute atomic E-state index is 8.48. The Hall–Kier alpha value is -3.83. The Balaban J connectivity index is 0.000000187. The molecule has 0 atom stereocenters. The van der Waals surface area contributed by atoms with Gasteiger partial charge in [0, 0.05) is 43.7 Å². The molecular formula is C39H39IrN3OSi-2. The van der Waals surface area contributed by atoms with E-state index in [1.54, 1.807) is 12.1 Å². The predicted octanol–water partition coefficient (Wildman–Crippen LogP) is 9.95. The van der Waals surface area contributed by atoms with Gasteiger partial charge >= 0.3 is 0 Å². The summed E-state index contributed by atoms with van der Waals surface area (Å²) in [5.74, 6) is 0.190. The quantitative estimate of drug-likeness (QED) is 0.129. The summed E-state index contributed by atoms with van der Waals surface area (Å²) in [6, 6.07) is 33.5. The first kappa shape index (κ1) is 27.5. The van der Waals surface area contributed by atoms with Crippen molar-refractivity contribution in [2.45, 2.75) is 59.7 Å². The third-order valence-corrected chi connectivity index (χ3v) is 9.89. The summed E-state index contributed by atoms with van der Waals surface area (Å²) in [6.45, 7) is 11.4. The molecule has 231 valence electrons. The van der Waals surface area contributed by atoms with Gasteiger partial charge in [-0.15, -0.1) is 53.6 Å². The van der Waals surface area contributed by atoms with Gasteiger partial charge in [-0.25, -0.2) is 0 Å². The third kappa shape index (κ3) is 6.46. The second-order valence-corrected chi connectivity index (χ2v) is 17.3. The zero-order valence-corrected chi connectivity index (χ0v) is 29.8. The SMILES string of the molecule is CCn1c(-c2[c-]ccc3c2oc2ccccc23)nc2ccccc21.[2H]C([2H])([2H])c1c[c-]c(-c2cc(C([2H])(C)C)c([Si](C)(C)C)cn2)cc1.[Ir]. The van der Waals surface area contributed by atoms with E-state index in [4.69, 9.17) is 14.9 Å². The van der Waals surface area contributed by atoms with Crippen LogP contribution in [-0.4, -0.2) is 22.6 Å². The molecule has 45 heavy (non-hydrogen) atoms. The fraction of sp³-hybridized carbons (Fsp3) is 0.231. The summed E-state index contributed by atoms with van der Waals surface area (Å²) in [6.07, 6.45) is 1.89. The first-order valence-corrected chi connectivity index (χ1v) is 18.5. The maximum atomic E-state index is 8.48. The van der Waals surface area contributed by atoms with Gasteiger partial charge in [0.15, 0.2) is 0 Å². The van der Waals surface area contributed by atoms with Crippen molar-refractivity contribution < 1.29 is 30.0 Å². The minimum Gasteiger partial charge on any atom is -0.501 e. The number of pyridine rings is 1. The molecule has 0 aliphatic rings. The molecule has 0 saturated heterocycles. The van der Waals surface area contributed by atoms with Crippen LogP contribution in [0.1, 0.15) is 43.3 Å². The molecule has 0 aliphatic heterocycles. The van der Waals surface area contributed by atoms with Crippen molar-refractivity contribution in [2.75, 3.05) is 0 Å². The summed E-state index contributed by atoms with van der Waals surface area (Å²) >= 11 is 0. The minimum absolute atomic E-state index is 0. The minimum atomic E-state index is -2.13. The summed E-state index contributed by atoms with van der Waals surface area (Å²) in [4.78, 5) is 9.41. The van der Waals surface area contributed by atoms with E-state index in [2.05, 4.69) is 66.4 Å². The van der Waals surface area contributed by atoms with Gasteiger partial charge in [-0.3, -0.25) is 4.98 Å². The number of aromatic nitrogens is 3. The van der Waals surface area contributed by atoms with Gasteiger partial charge in [-0.2, -0.15) is 0 Å². The number of nitrogens with zero attached hydrogens (tertiary/aromatic N) is 3. The Morgan fingerprint density at radius 3 is 2.47 bits per heavy atom. The van der Waals surface area contributed by atoms with Gasteiger partial charge in [-0.05, 0) is 41.9 Å². The van der Waals surface area contributed by atoms with E-state index in [0.29, 0.717) is 0 Å². The molecule has 3 heterocycles. The van der Waals surface area contributed by atoms with Crippen molar-refractivity contribution >= 4 is 46.2 Å². The van der Waals surface area contributed by atoms with Crippen LogP contribution in [0.5, 0.6) is 0 Å². The smallest absolute Gasteiger partial charge is 0.120 e. The van der Waals surface area contributed by atoms with Crippen molar-refractivity contribution in [2.24, 2.45) is 0 Å². The van der Waals surface area contributed by atoms with E-state index >= 15 is 0 Å². The van der Waals surface area contributed by atoms with Gasteiger partial charge in [0.2, 0.25) is 0 Å². The van der Waals surface area contributed by atoms with Crippen LogP contribution < -0.4 is 5.19 Å². The van der Waals surface area contributed by atoms with Crippen molar-refractivity contribution in [1.82, 2.24) is 14.5 Å². The molecule has 4 aromatic carbocycles. The molecule has 0 amide bonds. The fourth-order valence-corrected chi connectivity index (χ4v) is 7.22. The Labute approximate surface area is 286 Å². The monoisotopic (exact) mass is 790 g/mol. The summed E-state index contributed by atoms with van der Waals surface area (Å²) < 4.78 is 39.2. The molecule has 3 aromatic heterocycles. The summed E-state index contributed by atoms with van der Waals surface area (Å²) in [7, 11) is -1.61. The first-order chi connectivity index (χ1) is 22.7. The van der Waals surface area contributed by atoms with E-state index in [9.17, 15) is 0 Å². The van der Waals surface area contributed by atoms with E-state index < -0.39 is 20.8 Å². The van der Waals surface area contributed by atoms with E-state index in [0.717, 1.165) is 67.7 Å². The number of furan rings is 1. The molecule has 6 heteroatoms. The van der Waals surface area contributed by atoms with Crippen molar-refractivity contribution in [1.29, 1.82) is 0 Å². The molecule has 7 rings (SSSR count). The Morgan fingerprint density at radius 2 is 1.76 bits per heavy atom. The van der Waals surface area contributed by atoms with Gasteiger partial charge in [0.05, 0.1) is 30.5 Å². The number of rotatable bonds is 5. The normalized spacial score (nSPS) is 13.4. The van der Waals surface area contributed by atoms with Crippen LogP contribution in [0.4, 0.5) is 0 Å². The molecule has 0 unspecified atom stereocenters. The van der Waals surface area contributed by atoms with Crippen molar-refractivity contribution in [3.05, 3.63) is 114 Å². The number of aryl methyl sites for hydroxylation is 2. The van der Waals surface area contributed by atoms with Crippen LogP contribution in [0.3, 0.4) is 0 Å². The van der Waals surface area contributed by atoms with Crippen LogP contribution in [-0.2, 0) is 26.7 Å². The summed E-state index contributed by atoms with van der Waals surface area (Å²) in [5.41, 5.74) is 7.52. The van der Waals surface area contributed by atoms with E-state index in [1.807, 2.05) is 68.6 Å². The number of imidazole rings is 1. The van der Waals surface area contributed by atoms with Gasteiger partial charge in [-0.1, -0.05) is 93.3 Å². The molecule has 0 fully saturated rings. The standard InChI is InChI=1S/C21H15N2O.C18H24NSi.Ir/c1-2-23-18-12-5-4-11-17(18)22-21(23)16-10-7-9-15-14-8-3-6-13-19(14)24-20(15)16;1-13(2)16-11-17(15-9-7-14(3)8-10-15)19-12-18(16)20(4,5)6;/h3-9,11-13H,2H2,1H3;7-9,11-13H,1-6H3;/q2*-1;/i;3D3,13D;. The topological polar surface area (TPSA) is 43.9 Å². The average Bonchev–Trinajstić information content (AvgIpc) is 3.62. The Morgan fingerprint density at radius 1 is 0.978 bits per heavy atom. The van der Waals surface area contributed by atoms with Gasteiger partial charge in [0.25, 0.3) is 0 Å². The van der Waals surface area contributed by atoms with Gasteiger partial charge < -0.3 is 14.0 Å². The zero-order valence-electron chi connectivity index (χ0n) is 30.5. The molecule has 0 saturated carbocycles. The molecule has 0 bridgehead atoms. The molecule has 0 N–H and O–H groups in total. The average molecular weight is 790 g/mol. The van der Waals surface area contributed by atoms with Crippen molar-refractivity contribution in [3.8, 4) is 22.6 Å². The predicted molar refractivity (Wildman–Crippen MR) is 187 cm³/mol. The Bertz CT molecular complexity index is 2240. The largest absolute Gasteiger partial charge is 0.501 e. The second-order valence-electron chi connectivity index (χ2n) is 12.2. The zero-order chi connectivity index (χ0) is 34.4. The number of hydrogen-bond donors (Lipinski definition) is 0. The van der Waals surface area contributed by atoms with Crippen LogP contribution in [0.15, 0.2) is 95.5 Å². The third-order valence-electron chi connectivity index (χ3n) is 7.87. The molecule has 4 nitrogen and oxygen atoms in total. The molecule has 0 spiro atoms. The first-order valence-electron chi connectivity index (χ1n) is 17.0. The van der Waals surface area contributed by atoms with Crippen LogP contribution >= 0.6 is 0 Å². The second kappa shape index (κ2) is 13.3. The number of para-hydroxylation sites is 3. The molecule has 7 aromatic rings. The molecule has 0 aliphatic carbocycles. The number of benzene rings is 4. The molecule has 1 radical (unpaired) electrons. The molecular weight excluding hydrogens is 747 g/mol.